The molecule has 0 aliphatic carbocycles. The molecule has 18 heteroatoms. The van der Waals surface area contributed by atoms with Crippen LogP contribution in [0.2, 0.25) is 0 Å². The van der Waals surface area contributed by atoms with Gasteiger partial charge in [-0.05, 0) is 13.8 Å². The molecule has 208 valence electrons. The first-order valence-electron chi connectivity index (χ1n) is 10.7. The first-order chi connectivity index (χ1) is 17.2. The van der Waals surface area contributed by atoms with Gasteiger partial charge in [-0.2, -0.15) is 0 Å². The van der Waals surface area contributed by atoms with Crippen molar-refractivity contribution in [3.05, 3.63) is 0 Å². The average molecular weight is 533 g/mol. The summed E-state index contributed by atoms with van der Waals surface area (Å²) >= 11 is 0. The molecule has 0 radical (unpaired) electrons. The second kappa shape index (κ2) is 16.4. The summed E-state index contributed by atoms with van der Waals surface area (Å²) in [6.07, 6.45) is -0.862. The zero-order chi connectivity index (χ0) is 28.7. The first-order valence-corrected chi connectivity index (χ1v) is 10.7. The van der Waals surface area contributed by atoms with Gasteiger partial charge < -0.3 is 53.0 Å². The van der Waals surface area contributed by atoms with Crippen LogP contribution < -0.4 is 37.6 Å². The van der Waals surface area contributed by atoms with Crippen LogP contribution in [0.25, 0.3) is 0 Å². The van der Waals surface area contributed by atoms with Crippen molar-refractivity contribution in [1.29, 1.82) is 0 Å². The Morgan fingerprint density at radius 1 is 0.649 bits per heavy atom. The van der Waals surface area contributed by atoms with Gasteiger partial charge in [0.1, 0.15) is 24.7 Å². The Morgan fingerprint density at radius 2 is 1.22 bits per heavy atom. The molecule has 0 saturated carbocycles. The molecule has 6 amide bonds. The summed E-state index contributed by atoms with van der Waals surface area (Å²) in [5.74, 6) is -8.23. The molecule has 37 heavy (non-hydrogen) atoms. The molecule has 0 aromatic carbocycles. The number of carboxylic acid groups (broad SMARTS) is 2. The van der Waals surface area contributed by atoms with Gasteiger partial charge in [-0.25, -0.2) is 0 Å². The van der Waals surface area contributed by atoms with Crippen molar-refractivity contribution >= 4 is 47.4 Å². The van der Waals surface area contributed by atoms with E-state index in [4.69, 9.17) is 15.9 Å². The number of nitrogens with two attached hydrogens (primary N) is 1. The normalized spacial score (nSPS) is 13.5. The zero-order valence-electron chi connectivity index (χ0n) is 20.0. The van der Waals surface area contributed by atoms with Crippen molar-refractivity contribution in [2.45, 2.75) is 44.4 Å². The first kappa shape index (κ1) is 32.7. The zero-order valence-corrected chi connectivity index (χ0v) is 20.0. The third-order valence-corrected chi connectivity index (χ3v) is 4.29. The second-order valence-electron chi connectivity index (χ2n) is 7.59. The van der Waals surface area contributed by atoms with Crippen molar-refractivity contribution in [2.75, 3.05) is 26.2 Å². The number of nitrogens with one attached hydrogen (secondary N) is 6. The van der Waals surface area contributed by atoms with Crippen molar-refractivity contribution in [1.82, 2.24) is 31.9 Å². The summed E-state index contributed by atoms with van der Waals surface area (Å²) in [6, 6.07) is -5.47. The maximum atomic E-state index is 12.5. The van der Waals surface area contributed by atoms with Gasteiger partial charge in [0.05, 0.1) is 32.2 Å². The van der Waals surface area contributed by atoms with Crippen molar-refractivity contribution in [3.63, 3.8) is 0 Å². The Labute approximate surface area is 210 Å². The van der Waals surface area contributed by atoms with Gasteiger partial charge in [-0.3, -0.25) is 38.4 Å². The Morgan fingerprint density at radius 3 is 1.73 bits per heavy atom. The molecular weight excluding hydrogens is 502 g/mol. The fraction of sp³-hybridized carbons (Fsp3) is 0.579. The van der Waals surface area contributed by atoms with Gasteiger partial charge >= 0.3 is 11.9 Å². The highest BCUT2D eigenvalue weighted by Crippen LogP contribution is 1.96. The third-order valence-electron chi connectivity index (χ3n) is 4.29. The van der Waals surface area contributed by atoms with Gasteiger partial charge in [0, 0.05) is 0 Å². The van der Waals surface area contributed by atoms with Crippen LogP contribution >= 0.6 is 0 Å². The molecule has 0 aromatic heterocycles. The molecule has 0 saturated heterocycles. The fourth-order valence-electron chi connectivity index (χ4n) is 2.36. The van der Waals surface area contributed by atoms with Gasteiger partial charge in [0.25, 0.3) is 0 Å². The van der Waals surface area contributed by atoms with E-state index < -0.39 is 104 Å². The number of carbonyl (C=O) groups is 8. The van der Waals surface area contributed by atoms with Gasteiger partial charge in [0.2, 0.25) is 35.4 Å². The molecule has 0 rings (SSSR count). The molecule has 11 N–H and O–H groups in total. The van der Waals surface area contributed by atoms with Crippen LogP contribution in [0, 0.1) is 0 Å². The van der Waals surface area contributed by atoms with E-state index in [0.29, 0.717) is 0 Å². The molecule has 0 aromatic rings. The molecule has 4 atom stereocenters. The molecule has 0 fully saturated rings. The van der Waals surface area contributed by atoms with Crippen LogP contribution in [0.4, 0.5) is 0 Å². The standard InChI is InChI=1S/C19H31N7O11/c1-8(20)16(34)22-5-13(29)25-10(3-14(30)31)19(37)24-9(2)17(35)26-11(7-27)18(36)23-4-12(28)21-6-15(32)33/h8-11,27H,3-7,20H2,1-2H3,(H,21,28)(H,22,34)(H,23,36)(H,24,37)(H,25,29)(H,26,35)(H,30,31)(H,32,33)/t8-,9+,10+,11+/m1/s1. The molecule has 0 unspecified atom stereocenters. The summed E-state index contributed by atoms with van der Waals surface area (Å²) < 4.78 is 0. The average Bonchev–Trinajstić information content (AvgIpc) is 2.81. The topological polar surface area (TPSA) is 295 Å². The number of carbonyl (C=O) groups excluding carboxylic acids is 6. The molecule has 18 nitrogen and oxygen atoms in total. The van der Waals surface area contributed by atoms with E-state index in [9.17, 15) is 43.5 Å². The van der Waals surface area contributed by atoms with Crippen LogP contribution in [0.1, 0.15) is 20.3 Å². The lowest BCUT2D eigenvalue weighted by Crippen LogP contribution is -2.57. The lowest BCUT2D eigenvalue weighted by Gasteiger charge is -2.22. The molecule has 0 bridgehead atoms. The van der Waals surface area contributed by atoms with Crippen LogP contribution in [-0.4, -0.2) is 113 Å². The van der Waals surface area contributed by atoms with Crippen LogP contribution in [0.3, 0.4) is 0 Å². The second-order valence-corrected chi connectivity index (χ2v) is 7.59. The predicted molar refractivity (Wildman–Crippen MR) is 121 cm³/mol. The number of aliphatic hydroxyl groups excluding tert-OH is 1. The van der Waals surface area contributed by atoms with E-state index in [-0.39, 0.29) is 0 Å². The quantitative estimate of drug-likeness (QED) is 0.0886. The van der Waals surface area contributed by atoms with Crippen LogP contribution in [-0.2, 0) is 38.4 Å². The van der Waals surface area contributed by atoms with E-state index in [1.165, 1.54) is 13.8 Å². The van der Waals surface area contributed by atoms with E-state index >= 15 is 0 Å². The molecule has 0 spiro atoms. The van der Waals surface area contributed by atoms with Gasteiger partial charge in [0.15, 0.2) is 0 Å². The lowest BCUT2D eigenvalue weighted by molar-refractivity contribution is -0.141. The highest BCUT2D eigenvalue weighted by atomic mass is 16.4. The Balaban J connectivity index is 4.95. The highest BCUT2D eigenvalue weighted by Gasteiger charge is 2.28. The van der Waals surface area contributed by atoms with E-state index in [0.717, 1.165) is 0 Å². The monoisotopic (exact) mass is 533 g/mol. The number of carboxylic acids is 2. The maximum Gasteiger partial charge on any atom is 0.322 e. The number of amides is 6. The van der Waals surface area contributed by atoms with Crippen molar-refractivity contribution < 1.29 is 53.7 Å². The SMILES string of the molecule is C[C@H](NC(=O)[C@H](CC(=O)O)NC(=O)CNC(=O)[C@@H](C)N)C(=O)N[C@@H](CO)C(=O)NCC(=O)NCC(=O)O. The van der Waals surface area contributed by atoms with Crippen LogP contribution in [0.5, 0.6) is 0 Å². The van der Waals surface area contributed by atoms with E-state index in [1.54, 1.807) is 0 Å². The summed E-state index contributed by atoms with van der Waals surface area (Å²) in [5.41, 5.74) is 5.33. The van der Waals surface area contributed by atoms with Gasteiger partial charge in [-0.15, -0.1) is 0 Å². The highest BCUT2D eigenvalue weighted by molar-refractivity contribution is 5.96. The van der Waals surface area contributed by atoms with E-state index in [1.807, 2.05) is 5.32 Å². The smallest absolute Gasteiger partial charge is 0.322 e. The minimum atomic E-state index is -1.63. The number of aliphatic carboxylic acids is 2. The summed E-state index contributed by atoms with van der Waals surface area (Å²) in [6.45, 7) is -0.295. The summed E-state index contributed by atoms with van der Waals surface area (Å²) in [5, 5.41) is 39.5. The maximum absolute atomic E-state index is 12.5. The van der Waals surface area contributed by atoms with Gasteiger partial charge in [-0.1, -0.05) is 0 Å². The minimum Gasteiger partial charge on any atom is -0.481 e. The Bertz CT molecular complexity index is 894. The summed E-state index contributed by atoms with van der Waals surface area (Å²) in [7, 11) is 0. The molecule has 0 aliphatic rings. The molecular formula is C19H31N7O11. The van der Waals surface area contributed by atoms with Crippen LogP contribution in [0.15, 0.2) is 0 Å². The molecule has 0 aliphatic heterocycles. The predicted octanol–water partition coefficient (Wildman–Crippen LogP) is -6.29. The largest absolute Gasteiger partial charge is 0.481 e. The lowest BCUT2D eigenvalue weighted by atomic mass is 10.1. The number of hydrogen-bond donors (Lipinski definition) is 10. The number of rotatable bonds is 16. The van der Waals surface area contributed by atoms with E-state index in [2.05, 4.69) is 26.6 Å². The third kappa shape index (κ3) is 14.0. The number of aliphatic hydroxyl groups is 1. The minimum absolute atomic E-state index is 0.596. The Hall–Kier alpha value is -4.32. The molecule has 0 heterocycles. The summed E-state index contributed by atoms with van der Waals surface area (Å²) in [4.78, 5) is 93.2. The van der Waals surface area contributed by atoms with Crippen molar-refractivity contribution in [2.24, 2.45) is 5.73 Å². The Kier molecular flexibility index (Phi) is 14.5. The van der Waals surface area contributed by atoms with Crippen molar-refractivity contribution in [3.8, 4) is 0 Å². The number of hydrogen-bond acceptors (Lipinski definition) is 10. The fourth-order valence-corrected chi connectivity index (χ4v) is 2.36.